The highest BCUT2D eigenvalue weighted by Gasteiger charge is 2.25. The van der Waals surface area contributed by atoms with Gasteiger partial charge in [-0.15, -0.1) is 0 Å². The first kappa shape index (κ1) is 13.8. The molecule has 0 spiro atoms. The SMILES string of the molecule is CCC(CC)C(Nc1ccccc1Cl)C(=O)O. The fraction of sp³-hybridized carbons (Fsp3) is 0.462. The fourth-order valence-corrected chi connectivity index (χ4v) is 2.08. The molecule has 0 aliphatic heterocycles. The van der Waals surface area contributed by atoms with E-state index >= 15 is 0 Å². The Labute approximate surface area is 107 Å². The summed E-state index contributed by atoms with van der Waals surface area (Å²) in [6, 6.07) is 6.60. The smallest absolute Gasteiger partial charge is 0.326 e. The lowest BCUT2D eigenvalue weighted by Crippen LogP contribution is -2.36. The molecule has 1 unspecified atom stereocenters. The molecule has 0 aliphatic rings. The standard InChI is InChI=1S/C13H18ClNO2/c1-3-9(4-2)12(13(16)17)15-11-8-6-5-7-10(11)14/h5-9,12,15H,3-4H2,1-2H3,(H,16,17). The van der Waals surface area contributed by atoms with Crippen molar-refractivity contribution in [2.75, 3.05) is 5.32 Å². The average Bonchev–Trinajstić information content (AvgIpc) is 2.31. The molecular weight excluding hydrogens is 238 g/mol. The van der Waals surface area contributed by atoms with Crippen molar-refractivity contribution >= 4 is 23.3 Å². The van der Waals surface area contributed by atoms with E-state index in [4.69, 9.17) is 11.6 Å². The minimum atomic E-state index is -0.835. The lowest BCUT2D eigenvalue weighted by Gasteiger charge is -2.24. The topological polar surface area (TPSA) is 49.3 Å². The molecule has 0 bridgehead atoms. The third-order valence-electron chi connectivity index (χ3n) is 2.97. The first-order valence-corrected chi connectivity index (χ1v) is 6.21. The summed E-state index contributed by atoms with van der Waals surface area (Å²) >= 11 is 6.01. The molecular formula is C13H18ClNO2. The van der Waals surface area contributed by atoms with E-state index in [1.165, 1.54) is 0 Å². The number of benzene rings is 1. The lowest BCUT2D eigenvalue weighted by atomic mass is 9.94. The molecule has 0 saturated heterocycles. The molecule has 0 fully saturated rings. The number of halogens is 1. The molecule has 1 rings (SSSR count). The van der Waals surface area contributed by atoms with Crippen molar-refractivity contribution in [1.82, 2.24) is 0 Å². The first-order valence-electron chi connectivity index (χ1n) is 5.84. The van der Waals surface area contributed by atoms with Gasteiger partial charge in [0.05, 0.1) is 10.7 Å². The summed E-state index contributed by atoms with van der Waals surface area (Å²) < 4.78 is 0. The quantitative estimate of drug-likeness (QED) is 0.816. The molecule has 1 atom stereocenters. The van der Waals surface area contributed by atoms with Crippen LogP contribution in [0.3, 0.4) is 0 Å². The number of aliphatic carboxylic acids is 1. The molecule has 1 aromatic carbocycles. The Morgan fingerprint density at radius 1 is 1.35 bits per heavy atom. The van der Waals surface area contributed by atoms with Crippen LogP contribution in [-0.4, -0.2) is 17.1 Å². The maximum absolute atomic E-state index is 11.3. The number of carboxylic acids is 1. The third kappa shape index (κ3) is 3.63. The summed E-state index contributed by atoms with van der Waals surface area (Å²) in [6.45, 7) is 4.00. The summed E-state index contributed by atoms with van der Waals surface area (Å²) in [5, 5.41) is 12.8. The molecule has 2 N–H and O–H groups in total. The first-order chi connectivity index (χ1) is 8.10. The highest BCUT2D eigenvalue weighted by Crippen LogP contribution is 2.24. The molecule has 1 aromatic rings. The highest BCUT2D eigenvalue weighted by atomic mass is 35.5. The van der Waals surface area contributed by atoms with E-state index in [1.54, 1.807) is 12.1 Å². The number of rotatable bonds is 6. The van der Waals surface area contributed by atoms with Crippen molar-refractivity contribution < 1.29 is 9.90 Å². The van der Waals surface area contributed by atoms with Crippen LogP contribution in [0.2, 0.25) is 5.02 Å². The second kappa shape index (κ2) is 6.50. The van der Waals surface area contributed by atoms with Crippen molar-refractivity contribution in [2.24, 2.45) is 5.92 Å². The number of carboxylic acid groups (broad SMARTS) is 1. The van der Waals surface area contributed by atoms with Crippen LogP contribution in [0.25, 0.3) is 0 Å². The van der Waals surface area contributed by atoms with Crippen molar-refractivity contribution in [1.29, 1.82) is 0 Å². The number of para-hydroxylation sites is 1. The zero-order valence-corrected chi connectivity index (χ0v) is 10.9. The fourth-order valence-electron chi connectivity index (χ4n) is 1.89. The Bertz CT molecular complexity index is 377. The summed E-state index contributed by atoms with van der Waals surface area (Å²) in [5.41, 5.74) is 0.675. The van der Waals surface area contributed by atoms with Crippen molar-refractivity contribution in [3.63, 3.8) is 0 Å². The van der Waals surface area contributed by atoms with Gasteiger partial charge in [0.25, 0.3) is 0 Å². The second-order valence-electron chi connectivity index (χ2n) is 4.02. The van der Waals surface area contributed by atoms with Gasteiger partial charge in [0.2, 0.25) is 0 Å². The molecule has 3 nitrogen and oxygen atoms in total. The minimum Gasteiger partial charge on any atom is -0.480 e. The number of anilines is 1. The van der Waals surface area contributed by atoms with Gasteiger partial charge in [-0.2, -0.15) is 0 Å². The van der Waals surface area contributed by atoms with E-state index in [0.717, 1.165) is 12.8 Å². The molecule has 0 heterocycles. The Hall–Kier alpha value is -1.22. The summed E-state index contributed by atoms with van der Waals surface area (Å²) in [7, 11) is 0. The van der Waals surface area contributed by atoms with Gasteiger partial charge in [-0.25, -0.2) is 4.79 Å². The van der Waals surface area contributed by atoms with Gasteiger partial charge in [0, 0.05) is 0 Å². The van der Waals surface area contributed by atoms with Gasteiger partial charge in [0.1, 0.15) is 6.04 Å². The van der Waals surface area contributed by atoms with Crippen LogP contribution in [0, 0.1) is 5.92 Å². The van der Waals surface area contributed by atoms with Gasteiger partial charge in [-0.05, 0) is 18.1 Å². The molecule has 0 saturated carbocycles. The monoisotopic (exact) mass is 255 g/mol. The third-order valence-corrected chi connectivity index (χ3v) is 3.30. The van der Waals surface area contributed by atoms with Gasteiger partial charge >= 0.3 is 5.97 Å². The number of nitrogens with one attached hydrogen (secondary N) is 1. The van der Waals surface area contributed by atoms with Crippen LogP contribution >= 0.6 is 11.6 Å². The Morgan fingerprint density at radius 3 is 2.41 bits per heavy atom. The van der Waals surface area contributed by atoms with Crippen LogP contribution in [0.5, 0.6) is 0 Å². The predicted molar refractivity (Wildman–Crippen MR) is 70.6 cm³/mol. The van der Waals surface area contributed by atoms with E-state index in [2.05, 4.69) is 5.32 Å². The predicted octanol–water partition coefficient (Wildman–Crippen LogP) is 3.64. The van der Waals surface area contributed by atoms with Crippen LogP contribution in [0.1, 0.15) is 26.7 Å². The van der Waals surface area contributed by atoms with Crippen LogP contribution in [0.15, 0.2) is 24.3 Å². The average molecular weight is 256 g/mol. The zero-order chi connectivity index (χ0) is 12.8. The summed E-state index contributed by atoms with van der Waals surface area (Å²) in [4.78, 5) is 11.3. The molecule has 4 heteroatoms. The number of hydrogen-bond donors (Lipinski definition) is 2. The number of carbonyl (C=O) groups is 1. The summed E-state index contributed by atoms with van der Waals surface area (Å²) in [6.07, 6.45) is 1.65. The van der Waals surface area contributed by atoms with Gasteiger partial charge in [-0.3, -0.25) is 0 Å². The van der Waals surface area contributed by atoms with Gasteiger partial charge in [0.15, 0.2) is 0 Å². The van der Waals surface area contributed by atoms with Gasteiger partial charge in [-0.1, -0.05) is 50.4 Å². The minimum absolute atomic E-state index is 0.101. The van der Waals surface area contributed by atoms with E-state index in [1.807, 2.05) is 26.0 Å². The molecule has 0 amide bonds. The highest BCUT2D eigenvalue weighted by molar-refractivity contribution is 6.33. The lowest BCUT2D eigenvalue weighted by molar-refractivity contribution is -0.139. The normalized spacial score (nSPS) is 12.5. The van der Waals surface area contributed by atoms with Crippen LogP contribution < -0.4 is 5.32 Å². The molecule has 17 heavy (non-hydrogen) atoms. The van der Waals surface area contributed by atoms with Crippen LogP contribution in [-0.2, 0) is 4.79 Å². The Balaban J connectivity index is 2.87. The largest absolute Gasteiger partial charge is 0.480 e. The van der Waals surface area contributed by atoms with Crippen molar-refractivity contribution in [3.05, 3.63) is 29.3 Å². The van der Waals surface area contributed by atoms with E-state index in [-0.39, 0.29) is 5.92 Å². The number of hydrogen-bond acceptors (Lipinski definition) is 2. The van der Waals surface area contributed by atoms with E-state index in [0.29, 0.717) is 10.7 Å². The van der Waals surface area contributed by atoms with Gasteiger partial charge < -0.3 is 10.4 Å². The van der Waals surface area contributed by atoms with Crippen molar-refractivity contribution in [3.8, 4) is 0 Å². The van der Waals surface area contributed by atoms with E-state index < -0.39 is 12.0 Å². The van der Waals surface area contributed by atoms with Crippen molar-refractivity contribution in [2.45, 2.75) is 32.7 Å². The maximum Gasteiger partial charge on any atom is 0.326 e. The summed E-state index contributed by atoms with van der Waals surface area (Å²) in [5.74, 6) is -0.734. The molecule has 0 radical (unpaired) electrons. The Kier molecular flexibility index (Phi) is 5.29. The molecule has 0 aromatic heterocycles. The van der Waals surface area contributed by atoms with Crippen LogP contribution in [0.4, 0.5) is 5.69 Å². The van der Waals surface area contributed by atoms with E-state index in [9.17, 15) is 9.90 Å². The molecule has 94 valence electrons. The maximum atomic E-state index is 11.3. The Morgan fingerprint density at radius 2 is 1.94 bits per heavy atom. The zero-order valence-electron chi connectivity index (χ0n) is 10.1. The second-order valence-corrected chi connectivity index (χ2v) is 4.42. The molecule has 0 aliphatic carbocycles.